The highest BCUT2D eigenvalue weighted by molar-refractivity contribution is 9.10. The number of halogens is 2. The molecule has 1 aliphatic carbocycles. The molecule has 0 spiro atoms. The fourth-order valence-electron chi connectivity index (χ4n) is 4.36. The third kappa shape index (κ3) is 4.53. The van der Waals surface area contributed by atoms with Crippen molar-refractivity contribution in [3.05, 3.63) is 79.6 Å². The highest BCUT2D eigenvalue weighted by atomic mass is 79.9. The zero-order valence-electron chi connectivity index (χ0n) is 17.6. The van der Waals surface area contributed by atoms with E-state index in [2.05, 4.69) is 61.3 Å². The Bertz CT molecular complexity index is 1120. The van der Waals surface area contributed by atoms with Crippen LogP contribution in [-0.4, -0.2) is 16.7 Å². The molecule has 0 saturated heterocycles. The van der Waals surface area contributed by atoms with Gasteiger partial charge in [-0.1, -0.05) is 41.9 Å². The molecule has 1 amide bonds. The van der Waals surface area contributed by atoms with E-state index in [4.69, 9.17) is 0 Å². The number of carbonyl (C=O) groups excluding carboxylic acids is 2. The number of nitrogens with one attached hydrogen (secondary N) is 2. The minimum atomic E-state index is -0.427. The van der Waals surface area contributed by atoms with Gasteiger partial charge in [-0.15, -0.1) is 0 Å². The second kappa shape index (κ2) is 8.36. The van der Waals surface area contributed by atoms with E-state index in [9.17, 15) is 9.59 Å². The number of nitrogens with zero attached hydrogens (tertiary/aromatic N) is 1. The number of benzene rings is 1. The van der Waals surface area contributed by atoms with Gasteiger partial charge in [0.1, 0.15) is 5.82 Å². The van der Waals surface area contributed by atoms with Crippen LogP contribution in [0.3, 0.4) is 0 Å². The van der Waals surface area contributed by atoms with Gasteiger partial charge in [0.15, 0.2) is 5.78 Å². The molecule has 2 aliphatic rings. The molecule has 2 heterocycles. The maximum Gasteiger partial charge on any atom is 0.255 e. The molecule has 0 fully saturated rings. The van der Waals surface area contributed by atoms with Crippen LogP contribution >= 0.6 is 31.9 Å². The first-order valence-electron chi connectivity index (χ1n) is 10.1. The number of amides is 1. The molecule has 4 rings (SSSR count). The second-order valence-corrected chi connectivity index (χ2v) is 10.6. The zero-order valence-corrected chi connectivity index (χ0v) is 20.7. The van der Waals surface area contributed by atoms with Gasteiger partial charge < -0.3 is 10.6 Å². The van der Waals surface area contributed by atoms with Crippen molar-refractivity contribution >= 4 is 49.4 Å². The molecule has 0 saturated carbocycles. The van der Waals surface area contributed by atoms with Crippen LogP contribution in [-0.2, 0) is 9.59 Å². The molecule has 0 bridgehead atoms. The zero-order chi connectivity index (χ0) is 22.3. The van der Waals surface area contributed by atoms with Crippen molar-refractivity contribution in [2.45, 2.75) is 39.5 Å². The molecule has 2 aromatic rings. The van der Waals surface area contributed by atoms with Gasteiger partial charge in [0.25, 0.3) is 5.91 Å². The lowest BCUT2D eigenvalue weighted by atomic mass is 9.68. The Hall–Kier alpha value is -2.25. The molecule has 1 aliphatic heterocycles. The van der Waals surface area contributed by atoms with Crippen molar-refractivity contribution in [3.63, 3.8) is 0 Å². The molecule has 1 aromatic carbocycles. The summed E-state index contributed by atoms with van der Waals surface area (Å²) in [6.07, 6.45) is 2.86. The van der Waals surface area contributed by atoms with E-state index >= 15 is 0 Å². The van der Waals surface area contributed by atoms with Gasteiger partial charge in [0, 0.05) is 50.0 Å². The topological polar surface area (TPSA) is 71.1 Å². The van der Waals surface area contributed by atoms with Crippen molar-refractivity contribution in [3.8, 4) is 0 Å². The summed E-state index contributed by atoms with van der Waals surface area (Å²) in [5, 5.41) is 6.28. The molecular weight excluding hydrogens is 522 g/mol. The lowest BCUT2D eigenvalue weighted by Crippen LogP contribution is -2.39. The van der Waals surface area contributed by atoms with Gasteiger partial charge in [-0.3, -0.25) is 9.59 Å². The molecule has 2 N–H and O–H groups in total. The number of anilines is 1. The molecular formula is C24H23Br2N3O2. The minimum absolute atomic E-state index is 0.0891. The fourth-order valence-corrected chi connectivity index (χ4v) is 4.86. The number of hydrogen-bond acceptors (Lipinski definition) is 4. The number of aromatic nitrogens is 1. The summed E-state index contributed by atoms with van der Waals surface area (Å²) in [5.74, 6) is -0.148. The molecule has 0 unspecified atom stereocenters. The summed E-state index contributed by atoms with van der Waals surface area (Å²) < 4.78 is 1.78. The lowest BCUT2D eigenvalue weighted by Gasteiger charge is -2.39. The Morgan fingerprint density at radius 1 is 1.10 bits per heavy atom. The number of dihydropyridines is 1. The average molecular weight is 545 g/mol. The quantitative estimate of drug-likeness (QED) is 0.508. The Kier molecular flexibility index (Phi) is 5.92. The highest BCUT2D eigenvalue weighted by Gasteiger charge is 2.42. The normalized spacial score (nSPS) is 20.3. The molecule has 0 radical (unpaired) electrons. The van der Waals surface area contributed by atoms with Gasteiger partial charge in [-0.25, -0.2) is 4.98 Å². The first kappa shape index (κ1) is 22.0. The summed E-state index contributed by atoms with van der Waals surface area (Å²) in [6.45, 7) is 6.10. The maximum absolute atomic E-state index is 13.4. The van der Waals surface area contributed by atoms with Gasteiger partial charge >= 0.3 is 0 Å². The van der Waals surface area contributed by atoms with Crippen LogP contribution in [0.25, 0.3) is 0 Å². The van der Waals surface area contributed by atoms with Crippen LogP contribution in [0.1, 0.15) is 45.1 Å². The third-order valence-corrected chi connectivity index (χ3v) is 6.65. The smallest absolute Gasteiger partial charge is 0.255 e. The maximum atomic E-state index is 13.4. The highest BCUT2D eigenvalue weighted by Crippen LogP contribution is 2.46. The van der Waals surface area contributed by atoms with Crippen LogP contribution in [0.2, 0.25) is 0 Å². The van der Waals surface area contributed by atoms with Crippen molar-refractivity contribution in [2.24, 2.45) is 5.41 Å². The van der Waals surface area contributed by atoms with Gasteiger partial charge in [-0.2, -0.15) is 0 Å². The molecule has 5 nitrogen and oxygen atoms in total. The molecule has 160 valence electrons. The SMILES string of the molecule is CC1=C(C(=O)Nc2ccc(Br)cn2)[C@@H](c2ccc(Br)cc2)C2=C(CC(C)(C)CC2=O)N1. The third-order valence-electron chi connectivity index (χ3n) is 5.66. The second-order valence-electron chi connectivity index (χ2n) is 8.80. The Morgan fingerprint density at radius 3 is 2.42 bits per heavy atom. The Labute approximate surface area is 198 Å². The molecule has 31 heavy (non-hydrogen) atoms. The predicted octanol–water partition coefficient (Wildman–Crippen LogP) is 5.85. The predicted molar refractivity (Wildman–Crippen MR) is 128 cm³/mol. The standard InChI is InChI=1S/C24H23Br2N3O2/c1-13-20(23(31)29-19-9-8-16(26)12-27-19)21(14-4-6-15(25)7-5-14)22-17(28-13)10-24(2,3)11-18(22)30/h4-9,12,21,28H,10-11H2,1-3H3,(H,27,29,31)/t21-/m1/s1. The van der Waals surface area contributed by atoms with Crippen LogP contribution in [0.15, 0.2) is 74.1 Å². The Morgan fingerprint density at radius 2 is 1.77 bits per heavy atom. The van der Waals surface area contributed by atoms with Gasteiger partial charge in [-0.05, 0) is 64.5 Å². The van der Waals surface area contributed by atoms with E-state index in [1.54, 1.807) is 12.3 Å². The van der Waals surface area contributed by atoms with E-state index in [0.717, 1.165) is 32.3 Å². The fraction of sp³-hybridized carbons (Fsp3) is 0.292. The van der Waals surface area contributed by atoms with E-state index in [0.29, 0.717) is 23.4 Å². The molecule has 1 atom stereocenters. The van der Waals surface area contributed by atoms with E-state index < -0.39 is 5.92 Å². The molecule has 7 heteroatoms. The number of ketones is 1. The first-order valence-corrected chi connectivity index (χ1v) is 11.7. The van der Waals surface area contributed by atoms with Crippen molar-refractivity contribution in [1.82, 2.24) is 10.3 Å². The minimum Gasteiger partial charge on any atom is -0.362 e. The summed E-state index contributed by atoms with van der Waals surface area (Å²) in [5.41, 5.74) is 3.71. The van der Waals surface area contributed by atoms with Gasteiger partial charge in [0.2, 0.25) is 0 Å². The number of pyridine rings is 1. The lowest BCUT2D eigenvalue weighted by molar-refractivity contribution is -0.118. The monoisotopic (exact) mass is 543 g/mol. The van der Waals surface area contributed by atoms with Crippen molar-refractivity contribution < 1.29 is 9.59 Å². The van der Waals surface area contributed by atoms with E-state index in [1.807, 2.05) is 37.3 Å². The summed E-state index contributed by atoms with van der Waals surface area (Å²) in [4.78, 5) is 31.0. The summed E-state index contributed by atoms with van der Waals surface area (Å²) >= 11 is 6.83. The van der Waals surface area contributed by atoms with Crippen LogP contribution in [0.5, 0.6) is 0 Å². The number of carbonyl (C=O) groups is 2. The first-order chi connectivity index (χ1) is 14.6. The number of Topliss-reactive ketones (excluding diaryl/α,β-unsaturated/α-hetero) is 1. The molecule has 1 aromatic heterocycles. The Balaban J connectivity index is 1.79. The number of allylic oxidation sites excluding steroid dienone is 3. The summed E-state index contributed by atoms with van der Waals surface area (Å²) in [6, 6.07) is 11.4. The van der Waals surface area contributed by atoms with E-state index in [-0.39, 0.29) is 17.1 Å². The largest absolute Gasteiger partial charge is 0.362 e. The van der Waals surface area contributed by atoms with Crippen molar-refractivity contribution in [1.29, 1.82) is 0 Å². The average Bonchev–Trinajstić information content (AvgIpc) is 2.68. The van der Waals surface area contributed by atoms with Crippen LogP contribution in [0, 0.1) is 5.41 Å². The van der Waals surface area contributed by atoms with Crippen molar-refractivity contribution in [2.75, 3.05) is 5.32 Å². The van der Waals surface area contributed by atoms with Crippen LogP contribution < -0.4 is 10.6 Å². The number of rotatable bonds is 3. The van der Waals surface area contributed by atoms with Gasteiger partial charge in [0.05, 0.1) is 0 Å². The van der Waals surface area contributed by atoms with Crippen LogP contribution in [0.4, 0.5) is 5.82 Å². The summed E-state index contributed by atoms with van der Waals surface area (Å²) in [7, 11) is 0. The van der Waals surface area contributed by atoms with E-state index in [1.165, 1.54) is 0 Å². The number of hydrogen-bond donors (Lipinski definition) is 2.